The van der Waals surface area contributed by atoms with Crippen LogP contribution in [0.5, 0.6) is 5.75 Å². The lowest BCUT2D eigenvalue weighted by atomic mass is 10.0. The smallest absolute Gasteiger partial charge is 0.319 e. The molecule has 4 rings (SSSR count). The van der Waals surface area contributed by atoms with E-state index in [-0.39, 0.29) is 0 Å². The summed E-state index contributed by atoms with van der Waals surface area (Å²) in [4.78, 5) is 45.0. The van der Waals surface area contributed by atoms with E-state index < -0.39 is 30.1 Å². The van der Waals surface area contributed by atoms with Crippen molar-refractivity contribution in [1.82, 2.24) is 10.6 Å². The average molecular weight is 500 g/mol. The molecule has 1 heterocycles. The van der Waals surface area contributed by atoms with E-state index in [0.717, 1.165) is 11.1 Å². The monoisotopic (exact) mass is 499 g/mol. The van der Waals surface area contributed by atoms with Gasteiger partial charge in [-0.2, -0.15) is 0 Å². The van der Waals surface area contributed by atoms with Crippen molar-refractivity contribution in [2.45, 2.75) is 26.1 Å². The number of urea groups is 1. The van der Waals surface area contributed by atoms with Crippen molar-refractivity contribution < 1.29 is 19.1 Å². The number of benzene rings is 3. The first-order chi connectivity index (χ1) is 17.9. The van der Waals surface area contributed by atoms with E-state index in [1.165, 1.54) is 11.8 Å². The summed E-state index contributed by atoms with van der Waals surface area (Å²) in [5.74, 6) is -0.428. The molecule has 3 aromatic carbocycles. The third kappa shape index (κ3) is 5.78. The van der Waals surface area contributed by atoms with Gasteiger partial charge in [-0.05, 0) is 32.0 Å². The van der Waals surface area contributed by atoms with Gasteiger partial charge in [0.05, 0.1) is 23.7 Å². The Morgan fingerprint density at radius 2 is 1.68 bits per heavy atom. The van der Waals surface area contributed by atoms with E-state index in [0.29, 0.717) is 29.4 Å². The van der Waals surface area contributed by atoms with E-state index in [1.807, 2.05) is 61.5 Å². The Bertz CT molecular complexity index is 1320. The maximum Gasteiger partial charge on any atom is 0.319 e. The molecule has 4 amide bonds. The molecule has 1 aliphatic rings. The van der Waals surface area contributed by atoms with Crippen molar-refractivity contribution in [3.63, 3.8) is 0 Å². The summed E-state index contributed by atoms with van der Waals surface area (Å²) >= 11 is 0. The summed E-state index contributed by atoms with van der Waals surface area (Å²) in [6, 6.07) is 22.4. The molecule has 9 nitrogen and oxygen atoms in total. The number of nitrogens with one attached hydrogen (secondary N) is 3. The fourth-order valence-corrected chi connectivity index (χ4v) is 3.97. The zero-order valence-electron chi connectivity index (χ0n) is 20.9. The number of amides is 4. The molecule has 0 spiro atoms. The van der Waals surface area contributed by atoms with E-state index in [1.54, 1.807) is 31.3 Å². The second-order valence-electron chi connectivity index (χ2n) is 8.42. The molecule has 0 saturated carbocycles. The number of hydrogen-bond acceptors (Lipinski definition) is 5. The van der Waals surface area contributed by atoms with Gasteiger partial charge in [0.15, 0.2) is 0 Å². The minimum absolute atomic E-state index is 0.394. The summed E-state index contributed by atoms with van der Waals surface area (Å²) in [6.45, 7) is 3.82. The minimum atomic E-state index is -1.17. The van der Waals surface area contributed by atoms with Crippen molar-refractivity contribution in [3.8, 4) is 5.75 Å². The van der Waals surface area contributed by atoms with E-state index in [2.05, 4.69) is 20.9 Å². The van der Waals surface area contributed by atoms with Crippen LogP contribution in [0.4, 0.5) is 16.2 Å². The Morgan fingerprint density at radius 3 is 2.43 bits per heavy atom. The number of para-hydroxylation sites is 3. The number of carbonyl (C=O) groups excluding carboxylic acids is 3. The number of carbonyl (C=O) groups is 3. The Hall–Kier alpha value is -4.66. The molecule has 0 radical (unpaired) electrons. The zero-order valence-corrected chi connectivity index (χ0v) is 20.9. The number of anilines is 2. The van der Waals surface area contributed by atoms with Crippen molar-refractivity contribution in [2.24, 2.45) is 4.99 Å². The lowest BCUT2D eigenvalue weighted by molar-refractivity contribution is -0.128. The third-order valence-electron chi connectivity index (χ3n) is 5.85. The van der Waals surface area contributed by atoms with Crippen LogP contribution >= 0.6 is 0 Å². The lowest BCUT2D eigenvalue weighted by Gasteiger charge is -2.22. The topological polar surface area (TPSA) is 112 Å². The Labute approximate surface area is 215 Å². The van der Waals surface area contributed by atoms with Crippen molar-refractivity contribution in [1.29, 1.82) is 0 Å². The molecule has 0 aromatic heterocycles. The number of likely N-dealkylation sites (N-methyl/N-ethyl adjacent to an activating group) is 1. The highest BCUT2D eigenvalue weighted by atomic mass is 16.5. The maximum absolute atomic E-state index is 13.3. The van der Waals surface area contributed by atoms with Gasteiger partial charge in [-0.3, -0.25) is 9.59 Å². The molecule has 0 aliphatic carbocycles. The van der Waals surface area contributed by atoms with Gasteiger partial charge in [0.2, 0.25) is 12.1 Å². The maximum atomic E-state index is 13.3. The minimum Gasteiger partial charge on any atom is -0.492 e. The van der Waals surface area contributed by atoms with Gasteiger partial charge < -0.3 is 25.6 Å². The Morgan fingerprint density at radius 1 is 1.00 bits per heavy atom. The third-order valence-corrected chi connectivity index (χ3v) is 5.85. The van der Waals surface area contributed by atoms with Crippen LogP contribution in [-0.4, -0.2) is 49.4 Å². The predicted molar refractivity (Wildman–Crippen MR) is 143 cm³/mol. The van der Waals surface area contributed by atoms with Crippen LogP contribution in [0, 0.1) is 0 Å². The van der Waals surface area contributed by atoms with Crippen LogP contribution in [0.15, 0.2) is 83.9 Å². The van der Waals surface area contributed by atoms with Gasteiger partial charge in [0.1, 0.15) is 11.8 Å². The molecule has 190 valence electrons. The highest BCUT2D eigenvalue weighted by molar-refractivity contribution is 6.20. The number of benzodiazepines with no additional fused rings is 1. The fourth-order valence-electron chi connectivity index (χ4n) is 3.97. The van der Waals surface area contributed by atoms with Gasteiger partial charge in [-0.1, -0.05) is 60.7 Å². The average Bonchev–Trinajstić information content (AvgIpc) is 3.01. The molecular weight excluding hydrogens is 470 g/mol. The molecule has 0 bridgehead atoms. The van der Waals surface area contributed by atoms with Crippen molar-refractivity contribution in [3.05, 3.63) is 90.0 Å². The normalized spacial score (nSPS) is 15.5. The van der Waals surface area contributed by atoms with Crippen molar-refractivity contribution in [2.75, 3.05) is 23.9 Å². The van der Waals surface area contributed by atoms with Crippen LogP contribution < -0.4 is 25.6 Å². The molecule has 0 unspecified atom stereocenters. The quantitative estimate of drug-likeness (QED) is 0.462. The summed E-state index contributed by atoms with van der Waals surface area (Å²) in [6.07, 6.45) is -1.17. The first-order valence-electron chi connectivity index (χ1n) is 12.0. The molecule has 9 heteroatoms. The second kappa shape index (κ2) is 11.4. The standard InChI is InChI=1S/C28H29N5O4/c1-4-37-23-17-11-9-15-21(23)30-28(36)29-18(2)26(34)32-25-27(35)33(3)22-16-10-8-14-20(22)24(31-25)19-12-6-5-7-13-19/h5-18,25H,4H2,1-3H3,(H,32,34)(H2,29,30,36)/t18-,25+/m0/s1. The molecule has 3 aromatic rings. The first kappa shape index (κ1) is 25.4. The van der Waals surface area contributed by atoms with Gasteiger partial charge in [0, 0.05) is 18.2 Å². The van der Waals surface area contributed by atoms with E-state index >= 15 is 0 Å². The van der Waals surface area contributed by atoms with Gasteiger partial charge >= 0.3 is 6.03 Å². The predicted octanol–water partition coefficient (Wildman–Crippen LogP) is 3.55. The number of nitrogens with zero attached hydrogens (tertiary/aromatic N) is 2. The van der Waals surface area contributed by atoms with Gasteiger partial charge in [0.25, 0.3) is 5.91 Å². The number of aliphatic imine (C=N–C) groups is 1. The van der Waals surface area contributed by atoms with E-state index in [9.17, 15) is 14.4 Å². The molecule has 0 saturated heterocycles. The highest BCUT2D eigenvalue weighted by Crippen LogP contribution is 2.27. The Balaban J connectivity index is 1.52. The van der Waals surface area contributed by atoms with Gasteiger partial charge in [-0.25, -0.2) is 9.79 Å². The molecule has 1 aliphatic heterocycles. The van der Waals surface area contributed by atoms with Crippen molar-refractivity contribution >= 4 is 34.9 Å². The lowest BCUT2D eigenvalue weighted by Crippen LogP contribution is -2.52. The highest BCUT2D eigenvalue weighted by Gasteiger charge is 2.32. The number of fused-ring (bicyclic) bond motifs is 1. The number of hydrogen-bond donors (Lipinski definition) is 3. The second-order valence-corrected chi connectivity index (χ2v) is 8.42. The Kier molecular flexibility index (Phi) is 7.83. The van der Waals surface area contributed by atoms with Gasteiger partial charge in [-0.15, -0.1) is 0 Å². The first-order valence-corrected chi connectivity index (χ1v) is 12.0. The van der Waals surface area contributed by atoms with E-state index in [4.69, 9.17) is 4.74 Å². The molecule has 37 heavy (non-hydrogen) atoms. The number of ether oxygens (including phenoxy) is 1. The molecule has 0 fully saturated rings. The van der Waals surface area contributed by atoms with Crippen LogP contribution in [0.25, 0.3) is 0 Å². The zero-order chi connectivity index (χ0) is 26.4. The molecular formula is C28H29N5O4. The summed E-state index contributed by atoms with van der Waals surface area (Å²) in [5.41, 5.74) is 3.34. The van der Waals surface area contributed by atoms with Crippen LogP contribution in [-0.2, 0) is 9.59 Å². The largest absolute Gasteiger partial charge is 0.492 e. The molecule has 3 N–H and O–H groups in total. The SMILES string of the molecule is CCOc1ccccc1NC(=O)N[C@@H](C)C(=O)N[C@H]1N=C(c2ccccc2)c2ccccc2N(C)C1=O. The number of rotatable bonds is 7. The van der Waals surface area contributed by atoms with Crippen LogP contribution in [0.3, 0.4) is 0 Å². The summed E-state index contributed by atoms with van der Waals surface area (Å²) < 4.78 is 5.52. The van der Waals surface area contributed by atoms with Crippen LogP contribution in [0.1, 0.15) is 25.0 Å². The van der Waals surface area contributed by atoms with Crippen LogP contribution in [0.2, 0.25) is 0 Å². The molecule has 2 atom stereocenters. The summed E-state index contributed by atoms with van der Waals surface area (Å²) in [5, 5.41) is 7.98. The summed E-state index contributed by atoms with van der Waals surface area (Å²) in [7, 11) is 1.65. The fraction of sp³-hybridized carbons (Fsp3) is 0.214.